The SMILES string of the molecule is CNC(=O)CCC(=O)N[C@@H](Cc1ccccc1)[C@H](O)CN(C[C@@H]1CCCO1)S(=O)(=O)c1cn(C)cn1. The molecule has 0 spiro atoms. The number of aliphatic hydroxyl groups excluding tert-OH is 1. The van der Waals surface area contributed by atoms with Crippen molar-refractivity contribution < 1.29 is 27.9 Å². The molecule has 198 valence electrons. The van der Waals surface area contributed by atoms with Crippen LogP contribution in [0.4, 0.5) is 0 Å². The molecule has 1 saturated heterocycles. The lowest BCUT2D eigenvalue weighted by Gasteiger charge is -2.30. The molecule has 1 fully saturated rings. The lowest BCUT2D eigenvalue weighted by molar-refractivity contribution is -0.127. The fourth-order valence-corrected chi connectivity index (χ4v) is 5.51. The van der Waals surface area contributed by atoms with Crippen LogP contribution in [0.15, 0.2) is 47.9 Å². The topological polar surface area (TPSA) is 143 Å². The molecular formula is C24H35N5O6S. The van der Waals surface area contributed by atoms with E-state index in [-0.39, 0.29) is 49.4 Å². The van der Waals surface area contributed by atoms with Crippen molar-refractivity contribution in [3.63, 3.8) is 0 Å². The molecule has 0 aliphatic carbocycles. The normalized spacial score (nSPS) is 17.6. The van der Waals surface area contributed by atoms with Crippen LogP contribution in [-0.2, 0) is 37.8 Å². The molecule has 0 radical (unpaired) electrons. The zero-order valence-electron chi connectivity index (χ0n) is 20.7. The molecule has 3 rings (SSSR count). The first-order valence-electron chi connectivity index (χ1n) is 12.0. The molecule has 36 heavy (non-hydrogen) atoms. The third kappa shape index (κ3) is 7.85. The van der Waals surface area contributed by atoms with E-state index in [1.54, 1.807) is 11.6 Å². The van der Waals surface area contributed by atoms with E-state index in [0.717, 1.165) is 12.0 Å². The van der Waals surface area contributed by atoms with Gasteiger partial charge in [-0.2, -0.15) is 4.31 Å². The smallest absolute Gasteiger partial charge is 0.262 e. The Hall–Kier alpha value is -2.80. The van der Waals surface area contributed by atoms with Crippen molar-refractivity contribution in [3.8, 4) is 0 Å². The molecule has 1 aromatic heterocycles. The second-order valence-electron chi connectivity index (χ2n) is 8.94. The summed E-state index contributed by atoms with van der Waals surface area (Å²) in [6, 6.07) is 8.51. The first kappa shape index (κ1) is 27.8. The van der Waals surface area contributed by atoms with E-state index in [1.165, 1.54) is 23.9 Å². The van der Waals surface area contributed by atoms with Gasteiger partial charge in [0.25, 0.3) is 10.0 Å². The van der Waals surface area contributed by atoms with Crippen LogP contribution in [0.3, 0.4) is 0 Å². The van der Waals surface area contributed by atoms with Crippen LogP contribution in [0, 0.1) is 0 Å². The number of nitrogens with zero attached hydrogens (tertiary/aromatic N) is 3. The first-order valence-corrected chi connectivity index (χ1v) is 13.4. The van der Waals surface area contributed by atoms with Gasteiger partial charge in [0.2, 0.25) is 11.8 Å². The number of aliphatic hydroxyl groups is 1. The van der Waals surface area contributed by atoms with Crippen molar-refractivity contribution in [2.45, 2.75) is 55.4 Å². The van der Waals surface area contributed by atoms with Crippen molar-refractivity contribution in [3.05, 3.63) is 48.4 Å². The Bertz CT molecular complexity index is 1100. The number of amides is 2. The monoisotopic (exact) mass is 521 g/mol. The minimum absolute atomic E-state index is 0.00961. The third-order valence-corrected chi connectivity index (χ3v) is 7.79. The zero-order valence-corrected chi connectivity index (χ0v) is 21.5. The summed E-state index contributed by atoms with van der Waals surface area (Å²) in [6.45, 7) is 0.368. The standard InChI is InChI=1S/C24H35N5O6S/c1-25-22(31)10-11-23(32)27-20(13-18-7-4-3-5-8-18)21(30)15-29(14-19-9-6-12-35-19)36(33,34)24-16-28(2)17-26-24/h3-5,7-8,16-17,19-21,30H,6,9-15H2,1-2H3,(H,25,31)(H,27,32)/t19-,20-,21+/m0/s1. The number of ether oxygens (including phenoxy) is 1. The molecule has 2 aromatic rings. The Morgan fingerprint density at radius 2 is 1.97 bits per heavy atom. The molecule has 2 heterocycles. The van der Waals surface area contributed by atoms with Crippen LogP contribution < -0.4 is 10.6 Å². The van der Waals surface area contributed by atoms with Gasteiger partial charge in [-0.25, -0.2) is 13.4 Å². The number of hydrogen-bond donors (Lipinski definition) is 3. The summed E-state index contributed by atoms with van der Waals surface area (Å²) in [4.78, 5) is 28.1. The molecule has 1 aliphatic rings. The van der Waals surface area contributed by atoms with E-state index in [4.69, 9.17) is 4.74 Å². The van der Waals surface area contributed by atoms with E-state index in [2.05, 4.69) is 15.6 Å². The van der Waals surface area contributed by atoms with Gasteiger partial charge in [0.1, 0.15) is 0 Å². The van der Waals surface area contributed by atoms with E-state index >= 15 is 0 Å². The number of rotatable bonds is 13. The number of nitrogens with one attached hydrogen (secondary N) is 2. The summed E-state index contributed by atoms with van der Waals surface area (Å²) in [5.41, 5.74) is 0.867. The zero-order chi connectivity index (χ0) is 26.1. The number of imidazole rings is 1. The van der Waals surface area contributed by atoms with Gasteiger partial charge in [0.05, 0.1) is 24.6 Å². The number of benzene rings is 1. The number of sulfonamides is 1. The molecule has 3 N–H and O–H groups in total. The number of aromatic nitrogens is 2. The Labute approximate surface area is 211 Å². The molecule has 11 nitrogen and oxygen atoms in total. The van der Waals surface area contributed by atoms with E-state index in [1.807, 2.05) is 30.3 Å². The van der Waals surface area contributed by atoms with Crippen LogP contribution in [0.2, 0.25) is 0 Å². The summed E-state index contributed by atoms with van der Waals surface area (Å²) < 4.78 is 35.3. The molecular weight excluding hydrogens is 486 g/mol. The fraction of sp³-hybridized carbons (Fsp3) is 0.542. The molecule has 12 heteroatoms. The highest BCUT2D eigenvalue weighted by atomic mass is 32.2. The van der Waals surface area contributed by atoms with Crippen LogP contribution in [-0.4, -0.2) is 84.2 Å². The second-order valence-corrected chi connectivity index (χ2v) is 10.8. The summed E-state index contributed by atoms with van der Waals surface area (Å²) in [5.74, 6) is -0.675. The Morgan fingerprint density at radius 1 is 1.25 bits per heavy atom. The first-order chi connectivity index (χ1) is 17.2. The van der Waals surface area contributed by atoms with Gasteiger partial charge < -0.3 is 25.0 Å². The van der Waals surface area contributed by atoms with E-state index < -0.39 is 28.1 Å². The summed E-state index contributed by atoms with van der Waals surface area (Å²) in [6.07, 6.45) is 3.09. The van der Waals surface area contributed by atoms with Gasteiger partial charge in [-0.05, 0) is 24.8 Å². The van der Waals surface area contributed by atoms with Gasteiger partial charge in [-0.1, -0.05) is 30.3 Å². The molecule has 0 unspecified atom stereocenters. The van der Waals surface area contributed by atoms with Gasteiger partial charge in [0.15, 0.2) is 5.03 Å². The molecule has 1 aromatic carbocycles. The van der Waals surface area contributed by atoms with Gasteiger partial charge in [-0.15, -0.1) is 0 Å². The quantitative estimate of drug-likeness (QED) is 0.342. The van der Waals surface area contributed by atoms with Crippen LogP contribution in [0.25, 0.3) is 0 Å². The third-order valence-electron chi connectivity index (χ3n) is 6.07. The number of carbonyl (C=O) groups is 2. The van der Waals surface area contributed by atoms with Crippen LogP contribution in [0.5, 0.6) is 0 Å². The van der Waals surface area contributed by atoms with Crippen molar-refractivity contribution >= 4 is 21.8 Å². The van der Waals surface area contributed by atoms with Gasteiger partial charge in [0, 0.05) is 52.8 Å². The predicted molar refractivity (Wildman–Crippen MR) is 132 cm³/mol. The minimum atomic E-state index is -4.03. The van der Waals surface area contributed by atoms with Gasteiger partial charge >= 0.3 is 0 Å². The van der Waals surface area contributed by atoms with Crippen molar-refractivity contribution in [2.24, 2.45) is 7.05 Å². The summed E-state index contributed by atoms with van der Waals surface area (Å²) >= 11 is 0. The molecule has 0 bridgehead atoms. The molecule has 2 amide bonds. The largest absolute Gasteiger partial charge is 0.390 e. The highest BCUT2D eigenvalue weighted by Crippen LogP contribution is 2.20. The Balaban J connectivity index is 1.80. The van der Waals surface area contributed by atoms with Crippen molar-refractivity contribution in [2.75, 3.05) is 26.7 Å². The summed E-state index contributed by atoms with van der Waals surface area (Å²) in [7, 11) is -0.858. The average molecular weight is 522 g/mol. The average Bonchev–Trinajstić information content (AvgIpc) is 3.54. The fourth-order valence-electron chi connectivity index (χ4n) is 4.06. The predicted octanol–water partition coefficient (Wildman–Crippen LogP) is 0.204. The highest BCUT2D eigenvalue weighted by Gasteiger charge is 2.34. The maximum Gasteiger partial charge on any atom is 0.262 e. The molecule has 1 aliphatic heterocycles. The lowest BCUT2D eigenvalue weighted by Crippen LogP contribution is -2.51. The molecule has 3 atom stereocenters. The van der Waals surface area contributed by atoms with E-state index in [0.29, 0.717) is 13.0 Å². The van der Waals surface area contributed by atoms with E-state index in [9.17, 15) is 23.1 Å². The minimum Gasteiger partial charge on any atom is -0.390 e. The van der Waals surface area contributed by atoms with Crippen molar-refractivity contribution in [1.29, 1.82) is 0 Å². The van der Waals surface area contributed by atoms with Gasteiger partial charge in [-0.3, -0.25) is 9.59 Å². The maximum atomic E-state index is 13.4. The number of carbonyl (C=O) groups excluding carboxylic acids is 2. The van der Waals surface area contributed by atoms with Crippen LogP contribution >= 0.6 is 0 Å². The lowest BCUT2D eigenvalue weighted by atomic mass is 10.0. The summed E-state index contributed by atoms with van der Waals surface area (Å²) in [5, 5.41) is 16.4. The Morgan fingerprint density at radius 3 is 2.58 bits per heavy atom. The Kier molecular flexibility index (Phi) is 9.99. The second kappa shape index (κ2) is 12.9. The van der Waals surface area contributed by atoms with Crippen molar-refractivity contribution in [1.82, 2.24) is 24.5 Å². The maximum absolute atomic E-state index is 13.4. The number of aryl methyl sites for hydroxylation is 1. The molecule has 0 saturated carbocycles. The highest BCUT2D eigenvalue weighted by molar-refractivity contribution is 7.89. The van der Waals surface area contributed by atoms with Crippen LogP contribution in [0.1, 0.15) is 31.2 Å². The number of hydrogen-bond acceptors (Lipinski definition) is 7.